The highest BCUT2D eigenvalue weighted by atomic mass is 16.1. The third-order valence-electron chi connectivity index (χ3n) is 2.16. The van der Waals surface area contributed by atoms with Crippen LogP contribution >= 0.6 is 0 Å². The second kappa shape index (κ2) is 3.22. The zero-order valence-corrected chi connectivity index (χ0v) is 7.13. The van der Waals surface area contributed by atoms with Gasteiger partial charge >= 0.3 is 0 Å². The van der Waals surface area contributed by atoms with Crippen molar-refractivity contribution in [3.8, 4) is 0 Å². The van der Waals surface area contributed by atoms with Crippen molar-refractivity contribution in [2.24, 2.45) is 11.7 Å². The number of amides is 1. The molecule has 3 heteroatoms. The van der Waals surface area contributed by atoms with Gasteiger partial charge < -0.3 is 11.1 Å². The van der Waals surface area contributed by atoms with Crippen LogP contribution in [-0.2, 0) is 4.79 Å². The zero-order chi connectivity index (χ0) is 8.43. The first-order valence-corrected chi connectivity index (χ1v) is 4.14. The van der Waals surface area contributed by atoms with E-state index in [9.17, 15) is 4.79 Å². The molecule has 1 fully saturated rings. The van der Waals surface area contributed by atoms with Crippen molar-refractivity contribution >= 4 is 5.91 Å². The summed E-state index contributed by atoms with van der Waals surface area (Å²) in [6.45, 7) is 4.20. The fourth-order valence-electron chi connectivity index (χ4n) is 1.41. The van der Waals surface area contributed by atoms with Gasteiger partial charge in [-0.1, -0.05) is 13.8 Å². The molecule has 0 aromatic heterocycles. The van der Waals surface area contributed by atoms with E-state index in [0.717, 1.165) is 6.42 Å². The van der Waals surface area contributed by atoms with Crippen LogP contribution < -0.4 is 11.1 Å². The van der Waals surface area contributed by atoms with E-state index in [1.54, 1.807) is 0 Å². The standard InChI is InChI=1S/C8H16N2O/c1-5(2)7-3-6(9)4-8(11)10-7/h5-7H,3-4,9H2,1-2H3,(H,10,11). The van der Waals surface area contributed by atoms with Crippen molar-refractivity contribution in [1.29, 1.82) is 0 Å². The highest BCUT2D eigenvalue weighted by Gasteiger charge is 2.25. The average molecular weight is 156 g/mol. The van der Waals surface area contributed by atoms with E-state index < -0.39 is 0 Å². The Balaban J connectivity index is 2.49. The first-order valence-electron chi connectivity index (χ1n) is 4.14. The molecule has 2 unspecified atom stereocenters. The Kier molecular flexibility index (Phi) is 2.49. The number of rotatable bonds is 1. The number of carbonyl (C=O) groups is 1. The lowest BCUT2D eigenvalue weighted by Gasteiger charge is -2.30. The molecule has 0 saturated carbocycles. The van der Waals surface area contributed by atoms with Crippen LogP contribution in [0, 0.1) is 5.92 Å². The van der Waals surface area contributed by atoms with Gasteiger partial charge in [0.1, 0.15) is 0 Å². The topological polar surface area (TPSA) is 55.1 Å². The molecule has 0 aromatic rings. The molecular formula is C8H16N2O. The molecule has 0 aliphatic carbocycles. The van der Waals surface area contributed by atoms with Crippen LogP contribution in [0.3, 0.4) is 0 Å². The third-order valence-corrected chi connectivity index (χ3v) is 2.16. The van der Waals surface area contributed by atoms with E-state index in [0.29, 0.717) is 12.3 Å². The molecule has 1 heterocycles. The molecule has 1 saturated heterocycles. The lowest BCUT2D eigenvalue weighted by Crippen LogP contribution is -2.49. The minimum Gasteiger partial charge on any atom is -0.353 e. The van der Waals surface area contributed by atoms with E-state index in [1.165, 1.54) is 0 Å². The maximum atomic E-state index is 11.0. The fourth-order valence-corrected chi connectivity index (χ4v) is 1.41. The van der Waals surface area contributed by atoms with Crippen molar-refractivity contribution in [3.05, 3.63) is 0 Å². The molecular weight excluding hydrogens is 140 g/mol. The van der Waals surface area contributed by atoms with Crippen molar-refractivity contribution < 1.29 is 4.79 Å². The number of carbonyl (C=O) groups excluding carboxylic acids is 1. The summed E-state index contributed by atoms with van der Waals surface area (Å²) < 4.78 is 0. The Morgan fingerprint density at radius 2 is 2.27 bits per heavy atom. The monoisotopic (exact) mass is 156 g/mol. The fraction of sp³-hybridized carbons (Fsp3) is 0.875. The minimum absolute atomic E-state index is 0.0659. The van der Waals surface area contributed by atoms with Crippen LogP contribution in [0.5, 0.6) is 0 Å². The van der Waals surface area contributed by atoms with E-state index in [2.05, 4.69) is 19.2 Å². The molecule has 0 radical (unpaired) electrons. The van der Waals surface area contributed by atoms with E-state index in [1.807, 2.05) is 0 Å². The number of hydrogen-bond donors (Lipinski definition) is 2. The number of nitrogens with two attached hydrogens (primary N) is 1. The summed E-state index contributed by atoms with van der Waals surface area (Å²) in [5.41, 5.74) is 5.69. The summed E-state index contributed by atoms with van der Waals surface area (Å²) in [7, 11) is 0. The van der Waals surface area contributed by atoms with Gasteiger partial charge in [0, 0.05) is 18.5 Å². The molecule has 1 aliphatic heterocycles. The Labute approximate surface area is 67.3 Å². The van der Waals surface area contributed by atoms with E-state index >= 15 is 0 Å². The summed E-state index contributed by atoms with van der Waals surface area (Å²) in [5.74, 6) is 0.591. The molecule has 11 heavy (non-hydrogen) atoms. The highest BCUT2D eigenvalue weighted by molar-refractivity contribution is 5.77. The van der Waals surface area contributed by atoms with Gasteiger partial charge in [-0.2, -0.15) is 0 Å². The van der Waals surface area contributed by atoms with Crippen molar-refractivity contribution in [3.63, 3.8) is 0 Å². The lowest BCUT2D eigenvalue weighted by molar-refractivity contribution is -0.124. The van der Waals surface area contributed by atoms with Gasteiger partial charge in [-0.3, -0.25) is 4.79 Å². The molecule has 1 aliphatic rings. The van der Waals surface area contributed by atoms with Crippen LogP contribution in [0.25, 0.3) is 0 Å². The molecule has 3 nitrogen and oxygen atoms in total. The predicted molar refractivity (Wildman–Crippen MR) is 44.0 cm³/mol. The summed E-state index contributed by atoms with van der Waals surface area (Å²) in [6.07, 6.45) is 1.41. The van der Waals surface area contributed by atoms with Crippen LogP contribution in [-0.4, -0.2) is 18.0 Å². The Bertz CT molecular complexity index is 156. The zero-order valence-electron chi connectivity index (χ0n) is 7.13. The van der Waals surface area contributed by atoms with Gasteiger partial charge in [-0.15, -0.1) is 0 Å². The SMILES string of the molecule is CC(C)C1CC(N)CC(=O)N1. The number of piperidine rings is 1. The van der Waals surface area contributed by atoms with E-state index in [-0.39, 0.29) is 18.0 Å². The third kappa shape index (κ3) is 2.19. The van der Waals surface area contributed by atoms with Crippen LogP contribution in [0.2, 0.25) is 0 Å². The van der Waals surface area contributed by atoms with Gasteiger partial charge in [0.15, 0.2) is 0 Å². The molecule has 0 bridgehead atoms. The summed E-state index contributed by atoms with van der Waals surface area (Å²) >= 11 is 0. The summed E-state index contributed by atoms with van der Waals surface area (Å²) in [6, 6.07) is 0.349. The second-order valence-electron chi connectivity index (χ2n) is 3.62. The molecule has 0 aromatic carbocycles. The Morgan fingerprint density at radius 3 is 2.73 bits per heavy atom. The summed E-state index contributed by atoms with van der Waals surface area (Å²) in [4.78, 5) is 11.0. The highest BCUT2D eigenvalue weighted by Crippen LogP contribution is 2.14. The quantitative estimate of drug-likeness (QED) is 0.571. The summed E-state index contributed by atoms with van der Waals surface area (Å²) in [5, 5.41) is 2.93. The Morgan fingerprint density at radius 1 is 1.64 bits per heavy atom. The molecule has 2 atom stereocenters. The average Bonchev–Trinajstić information content (AvgIpc) is 1.85. The molecule has 1 amide bonds. The molecule has 0 spiro atoms. The van der Waals surface area contributed by atoms with Gasteiger partial charge in [0.05, 0.1) is 0 Å². The number of hydrogen-bond acceptors (Lipinski definition) is 2. The minimum atomic E-state index is 0.0659. The van der Waals surface area contributed by atoms with Crippen LogP contribution in [0.15, 0.2) is 0 Å². The van der Waals surface area contributed by atoms with Crippen molar-refractivity contribution in [2.45, 2.75) is 38.8 Å². The first-order chi connectivity index (χ1) is 5.09. The van der Waals surface area contributed by atoms with Crippen molar-refractivity contribution in [1.82, 2.24) is 5.32 Å². The van der Waals surface area contributed by atoms with Crippen molar-refractivity contribution in [2.75, 3.05) is 0 Å². The smallest absolute Gasteiger partial charge is 0.221 e. The van der Waals surface area contributed by atoms with E-state index in [4.69, 9.17) is 5.73 Å². The molecule has 1 rings (SSSR count). The number of nitrogens with one attached hydrogen (secondary N) is 1. The molecule has 64 valence electrons. The van der Waals surface area contributed by atoms with Crippen LogP contribution in [0.4, 0.5) is 0 Å². The van der Waals surface area contributed by atoms with Gasteiger partial charge in [-0.05, 0) is 12.3 Å². The maximum absolute atomic E-state index is 11.0. The molecule has 3 N–H and O–H groups in total. The largest absolute Gasteiger partial charge is 0.353 e. The second-order valence-corrected chi connectivity index (χ2v) is 3.62. The van der Waals surface area contributed by atoms with Crippen LogP contribution in [0.1, 0.15) is 26.7 Å². The predicted octanol–water partition coefficient (Wildman–Crippen LogP) is 0.248. The van der Waals surface area contributed by atoms with Gasteiger partial charge in [0.25, 0.3) is 0 Å². The van der Waals surface area contributed by atoms with Gasteiger partial charge in [0.2, 0.25) is 5.91 Å². The normalized spacial score (nSPS) is 32.2. The lowest BCUT2D eigenvalue weighted by atomic mass is 9.92. The maximum Gasteiger partial charge on any atom is 0.221 e. The Hall–Kier alpha value is -0.570. The van der Waals surface area contributed by atoms with Gasteiger partial charge in [-0.25, -0.2) is 0 Å². The first kappa shape index (κ1) is 8.53.